The van der Waals surface area contributed by atoms with E-state index in [1.54, 1.807) is 11.3 Å². The highest BCUT2D eigenvalue weighted by Crippen LogP contribution is 2.26. The van der Waals surface area contributed by atoms with Crippen molar-refractivity contribution in [2.75, 3.05) is 32.8 Å². The molecule has 5 nitrogen and oxygen atoms in total. The van der Waals surface area contributed by atoms with Gasteiger partial charge in [0.15, 0.2) is 0 Å². The Hall–Kier alpha value is -1.47. The van der Waals surface area contributed by atoms with Gasteiger partial charge in [-0.05, 0) is 18.1 Å². The molecule has 1 saturated heterocycles. The quantitative estimate of drug-likeness (QED) is 0.804. The molecule has 2 heterocycles. The van der Waals surface area contributed by atoms with E-state index in [0.717, 1.165) is 48.7 Å². The van der Waals surface area contributed by atoms with Gasteiger partial charge in [-0.1, -0.05) is 30.7 Å². The molecule has 3 rings (SSSR count). The molecule has 140 valence electrons. The third-order valence-electron chi connectivity index (χ3n) is 4.69. The van der Waals surface area contributed by atoms with E-state index in [0.29, 0.717) is 18.0 Å². The van der Waals surface area contributed by atoms with E-state index < -0.39 is 0 Å². The van der Waals surface area contributed by atoms with Crippen LogP contribution in [0.4, 0.5) is 0 Å². The number of allylic oxidation sites excluding steroid dienone is 5. The Kier molecular flexibility index (Phi) is 7.02. The summed E-state index contributed by atoms with van der Waals surface area (Å²) >= 11 is 7.84. The van der Waals surface area contributed by atoms with E-state index in [4.69, 9.17) is 16.3 Å². The topological polar surface area (TPSA) is 54.5 Å². The van der Waals surface area contributed by atoms with Gasteiger partial charge in [0, 0.05) is 47.7 Å². The lowest BCUT2D eigenvalue weighted by Crippen LogP contribution is -2.43. The van der Waals surface area contributed by atoms with Crippen LogP contribution in [-0.4, -0.2) is 48.6 Å². The van der Waals surface area contributed by atoms with Gasteiger partial charge in [-0.25, -0.2) is 0 Å². The number of halogens is 1. The number of morpholine rings is 1. The number of amides is 1. The number of carbonyl (C=O) groups excluding carboxylic acids is 1. The van der Waals surface area contributed by atoms with Crippen LogP contribution in [0.25, 0.3) is 0 Å². The fraction of sp³-hybridized carbons (Fsp3) is 0.474. The van der Waals surface area contributed by atoms with Crippen LogP contribution in [0.3, 0.4) is 0 Å². The lowest BCUT2D eigenvalue weighted by atomic mass is 10.0. The molecule has 1 aromatic heterocycles. The van der Waals surface area contributed by atoms with Crippen molar-refractivity contribution < 1.29 is 9.53 Å². The predicted molar refractivity (Wildman–Crippen MR) is 105 cm³/mol. The molecule has 1 amide bonds. The Bertz CT molecular complexity index is 706. The van der Waals surface area contributed by atoms with Gasteiger partial charge in [-0.3, -0.25) is 14.7 Å². The van der Waals surface area contributed by atoms with Gasteiger partial charge in [-0.15, -0.1) is 11.3 Å². The summed E-state index contributed by atoms with van der Waals surface area (Å²) in [6, 6.07) is 0.119. The number of aromatic nitrogens is 1. The summed E-state index contributed by atoms with van der Waals surface area (Å²) in [5.41, 5.74) is 3.63. The molecule has 1 fully saturated rings. The van der Waals surface area contributed by atoms with Crippen LogP contribution < -0.4 is 5.32 Å². The molecule has 1 aliphatic carbocycles. The zero-order valence-corrected chi connectivity index (χ0v) is 16.5. The summed E-state index contributed by atoms with van der Waals surface area (Å²) in [6.45, 7) is 5.77. The Balaban J connectivity index is 1.72. The normalized spacial score (nSPS) is 19.8. The van der Waals surface area contributed by atoms with Crippen molar-refractivity contribution in [2.45, 2.75) is 25.8 Å². The van der Waals surface area contributed by atoms with E-state index in [2.05, 4.69) is 22.1 Å². The number of hydrogen-bond acceptors (Lipinski definition) is 5. The highest BCUT2D eigenvalue weighted by atomic mass is 35.5. The van der Waals surface area contributed by atoms with E-state index in [9.17, 15) is 4.79 Å². The number of nitrogens with one attached hydrogen (secondary N) is 1. The third kappa shape index (κ3) is 4.82. The van der Waals surface area contributed by atoms with Gasteiger partial charge >= 0.3 is 0 Å². The molecule has 7 heteroatoms. The average Bonchev–Trinajstić information content (AvgIpc) is 3.12. The van der Waals surface area contributed by atoms with Crippen LogP contribution >= 0.6 is 22.9 Å². The Morgan fingerprint density at radius 2 is 2.27 bits per heavy atom. The maximum atomic E-state index is 12.9. The second-order valence-electron chi connectivity index (χ2n) is 6.28. The standard InChI is InChI=1S/C19H24ClN3O2S/c1-2-14-4-3-5-15(20)10-16(14)19(24)22-11-17(18-12-21-13-26-18)23-6-8-25-9-7-23/h3-5,12-13,17H,2,6-11H2,1H3,(H,22,24). The van der Waals surface area contributed by atoms with Crippen molar-refractivity contribution in [3.8, 4) is 0 Å². The van der Waals surface area contributed by atoms with Crippen LogP contribution in [0.5, 0.6) is 0 Å². The fourth-order valence-corrected chi connectivity index (χ4v) is 4.21. The Morgan fingerprint density at radius 1 is 1.46 bits per heavy atom. The number of rotatable bonds is 6. The molecular weight excluding hydrogens is 370 g/mol. The predicted octanol–water partition coefficient (Wildman–Crippen LogP) is 3.42. The molecular formula is C19H24ClN3O2S. The first-order chi connectivity index (χ1) is 12.7. The molecule has 26 heavy (non-hydrogen) atoms. The minimum absolute atomic E-state index is 0.0391. The van der Waals surface area contributed by atoms with Crippen molar-refractivity contribution >= 4 is 28.8 Å². The number of hydrogen-bond donors (Lipinski definition) is 1. The first-order valence-electron chi connectivity index (χ1n) is 8.92. The average molecular weight is 394 g/mol. The summed E-state index contributed by atoms with van der Waals surface area (Å²) in [5.74, 6) is -0.0391. The molecule has 2 aliphatic rings. The van der Waals surface area contributed by atoms with E-state index in [1.165, 1.54) is 0 Å². The van der Waals surface area contributed by atoms with E-state index in [-0.39, 0.29) is 11.9 Å². The first kappa shape index (κ1) is 19.3. The van der Waals surface area contributed by atoms with Gasteiger partial charge in [0.25, 0.3) is 0 Å². The van der Waals surface area contributed by atoms with Gasteiger partial charge in [-0.2, -0.15) is 0 Å². The maximum absolute atomic E-state index is 12.9. The first-order valence-corrected chi connectivity index (χ1v) is 10.2. The smallest absolute Gasteiger partial charge is 0.247 e. The third-order valence-corrected chi connectivity index (χ3v) is 5.82. The minimum Gasteiger partial charge on any atom is -0.379 e. The second-order valence-corrected chi connectivity index (χ2v) is 7.69. The molecule has 1 unspecified atom stereocenters. The van der Waals surface area contributed by atoms with Crippen LogP contribution in [0.1, 0.15) is 30.7 Å². The van der Waals surface area contributed by atoms with E-state index >= 15 is 0 Å². The zero-order valence-electron chi connectivity index (χ0n) is 14.9. The highest BCUT2D eigenvalue weighted by Gasteiger charge is 2.25. The molecule has 1 aliphatic heterocycles. The Labute approximate surface area is 163 Å². The van der Waals surface area contributed by atoms with E-state index in [1.807, 2.05) is 29.9 Å². The van der Waals surface area contributed by atoms with Crippen LogP contribution in [0.15, 0.2) is 46.1 Å². The van der Waals surface area contributed by atoms with Crippen molar-refractivity contribution in [3.63, 3.8) is 0 Å². The Morgan fingerprint density at radius 3 is 2.96 bits per heavy atom. The SMILES string of the molecule is CCC1=C(C(=O)NCC(c2cncs2)N2CCOCC2)CC(Cl)=CC=C1. The molecule has 1 aromatic rings. The number of nitrogens with zero attached hydrogens (tertiary/aromatic N) is 2. The molecule has 1 N–H and O–H groups in total. The molecule has 0 spiro atoms. The van der Waals surface area contributed by atoms with Crippen molar-refractivity contribution in [3.05, 3.63) is 51.0 Å². The van der Waals surface area contributed by atoms with Gasteiger partial charge in [0.05, 0.1) is 24.8 Å². The fourth-order valence-electron chi connectivity index (χ4n) is 3.25. The zero-order chi connectivity index (χ0) is 18.4. The molecule has 0 saturated carbocycles. The van der Waals surface area contributed by atoms with Crippen molar-refractivity contribution in [1.29, 1.82) is 0 Å². The summed E-state index contributed by atoms with van der Waals surface area (Å²) in [6.07, 6.45) is 8.92. The number of ether oxygens (including phenoxy) is 1. The molecule has 0 aromatic carbocycles. The number of carbonyl (C=O) groups is 1. The summed E-state index contributed by atoms with van der Waals surface area (Å²) in [7, 11) is 0. The molecule has 0 radical (unpaired) electrons. The van der Waals surface area contributed by atoms with Crippen LogP contribution in [0.2, 0.25) is 0 Å². The summed E-state index contributed by atoms with van der Waals surface area (Å²) < 4.78 is 5.47. The largest absolute Gasteiger partial charge is 0.379 e. The minimum atomic E-state index is -0.0391. The maximum Gasteiger partial charge on any atom is 0.247 e. The summed E-state index contributed by atoms with van der Waals surface area (Å²) in [4.78, 5) is 20.6. The highest BCUT2D eigenvalue weighted by molar-refractivity contribution is 7.09. The van der Waals surface area contributed by atoms with Crippen molar-refractivity contribution in [2.24, 2.45) is 0 Å². The van der Waals surface area contributed by atoms with Crippen LogP contribution in [0, 0.1) is 0 Å². The lowest BCUT2D eigenvalue weighted by Gasteiger charge is -2.34. The van der Waals surface area contributed by atoms with Crippen LogP contribution in [-0.2, 0) is 9.53 Å². The van der Waals surface area contributed by atoms with Gasteiger partial charge in [0.2, 0.25) is 5.91 Å². The van der Waals surface area contributed by atoms with Crippen molar-refractivity contribution in [1.82, 2.24) is 15.2 Å². The number of thiazole rings is 1. The molecule has 1 atom stereocenters. The lowest BCUT2D eigenvalue weighted by molar-refractivity contribution is -0.118. The molecule has 0 bridgehead atoms. The second kappa shape index (κ2) is 9.46. The monoisotopic (exact) mass is 393 g/mol. The van der Waals surface area contributed by atoms with Gasteiger partial charge < -0.3 is 10.1 Å². The summed E-state index contributed by atoms with van der Waals surface area (Å²) in [5, 5.41) is 3.81. The van der Waals surface area contributed by atoms with Gasteiger partial charge in [0.1, 0.15) is 0 Å².